The second kappa shape index (κ2) is 6.06. The van der Waals surface area contributed by atoms with Gasteiger partial charge in [-0.05, 0) is 58.0 Å². The number of hydrogen-bond acceptors (Lipinski definition) is 2. The van der Waals surface area contributed by atoms with E-state index in [9.17, 15) is 4.79 Å². The molecule has 0 amide bonds. The standard InChI is InChI=1S/C15H13IO3/c1-19-14-9-12(15(17)18)6-5-11(14)7-10-3-2-4-13(16)8-10/h2-6,8-9H,7H2,1H3,(H,17,18). The maximum atomic E-state index is 10.9. The molecule has 0 atom stereocenters. The van der Waals surface area contributed by atoms with Crippen molar-refractivity contribution in [1.29, 1.82) is 0 Å². The third kappa shape index (κ3) is 3.47. The fourth-order valence-electron chi connectivity index (χ4n) is 1.89. The number of methoxy groups -OCH3 is 1. The summed E-state index contributed by atoms with van der Waals surface area (Å²) >= 11 is 2.27. The Morgan fingerprint density at radius 1 is 1.26 bits per heavy atom. The summed E-state index contributed by atoms with van der Waals surface area (Å²) in [6.07, 6.45) is 0.722. The fourth-order valence-corrected chi connectivity index (χ4v) is 2.50. The second-order valence-corrected chi connectivity index (χ2v) is 5.38. The van der Waals surface area contributed by atoms with E-state index in [4.69, 9.17) is 9.84 Å². The molecule has 0 bridgehead atoms. The van der Waals surface area contributed by atoms with Crippen LogP contribution in [0.25, 0.3) is 0 Å². The van der Waals surface area contributed by atoms with E-state index < -0.39 is 5.97 Å². The Labute approximate surface area is 125 Å². The van der Waals surface area contributed by atoms with Gasteiger partial charge in [0.05, 0.1) is 12.7 Å². The lowest BCUT2D eigenvalue weighted by Gasteiger charge is -2.09. The Morgan fingerprint density at radius 3 is 2.68 bits per heavy atom. The maximum Gasteiger partial charge on any atom is 0.335 e. The van der Waals surface area contributed by atoms with Crippen molar-refractivity contribution in [3.8, 4) is 5.75 Å². The number of carboxylic acid groups (broad SMARTS) is 1. The largest absolute Gasteiger partial charge is 0.496 e. The molecule has 2 aromatic rings. The predicted molar refractivity (Wildman–Crippen MR) is 81.9 cm³/mol. The van der Waals surface area contributed by atoms with Gasteiger partial charge in [0.1, 0.15) is 5.75 Å². The number of carboxylic acids is 1. The molecule has 0 aliphatic heterocycles. The summed E-state index contributed by atoms with van der Waals surface area (Å²) in [6, 6.07) is 13.2. The van der Waals surface area contributed by atoms with Gasteiger partial charge < -0.3 is 9.84 Å². The molecule has 1 N–H and O–H groups in total. The van der Waals surface area contributed by atoms with E-state index in [1.165, 1.54) is 9.13 Å². The van der Waals surface area contributed by atoms with Crippen LogP contribution in [0.5, 0.6) is 5.75 Å². The highest BCUT2D eigenvalue weighted by atomic mass is 127. The zero-order valence-corrected chi connectivity index (χ0v) is 12.5. The highest BCUT2D eigenvalue weighted by molar-refractivity contribution is 14.1. The smallest absolute Gasteiger partial charge is 0.335 e. The fraction of sp³-hybridized carbons (Fsp3) is 0.133. The highest BCUT2D eigenvalue weighted by Gasteiger charge is 2.09. The molecule has 0 saturated carbocycles. The van der Waals surface area contributed by atoms with Crippen molar-refractivity contribution in [2.24, 2.45) is 0 Å². The Bertz CT molecular complexity index is 608. The molecule has 2 aromatic carbocycles. The van der Waals surface area contributed by atoms with E-state index in [2.05, 4.69) is 28.7 Å². The monoisotopic (exact) mass is 368 g/mol. The van der Waals surface area contributed by atoms with Crippen molar-refractivity contribution in [1.82, 2.24) is 0 Å². The minimum Gasteiger partial charge on any atom is -0.496 e. The Kier molecular flexibility index (Phi) is 4.42. The first kappa shape index (κ1) is 13.9. The molecule has 0 aliphatic rings. The minimum absolute atomic E-state index is 0.239. The van der Waals surface area contributed by atoms with Crippen LogP contribution in [-0.2, 0) is 6.42 Å². The second-order valence-electron chi connectivity index (χ2n) is 4.14. The first-order valence-electron chi connectivity index (χ1n) is 5.75. The molecule has 98 valence electrons. The molecule has 2 rings (SSSR count). The lowest BCUT2D eigenvalue weighted by molar-refractivity contribution is 0.0696. The van der Waals surface area contributed by atoms with Crippen molar-refractivity contribution in [3.63, 3.8) is 0 Å². The van der Waals surface area contributed by atoms with E-state index in [0.29, 0.717) is 5.75 Å². The van der Waals surface area contributed by atoms with Crippen LogP contribution in [0, 0.1) is 3.57 Å². The van der Waals surface area contributed by atoms with Gasteiger partial charge in [-0.1, -0.05) is 18.2 Å². The van der Waals surface area contributed by atoms with Gasteiger partial charge in [-0.15, -0.1) is 0 Å². The van der Waals surface area contributed by atoms with E-state index in [0.717, 1.165) is 12.0 Å². The molecule has 0 aromatic heterocycles. The summed E-state index contributed by atoms with van der Waals surface area (Å²) in [5, 5.41) is 8.97. The predicted octanol–water partition coefficient (Wildman–Crippen LogP) is 3.59. The van der Waals surface area contributed by atoms with Crippen LogP contribution in [0.15, 0.2) is 42.5 Å². The molecule has 0 saturated heterocycles. The summed E-state index contributed by atoms with van der Waals surface area (Å²) in [6.45, 7) is 0. The van der Waals surface area contributed by atoms with Crippen LogP contribution in [0.2, 0.25) is 0 Å². The van der Waals surface area contributed by atoms with Crippen LogP contribution in [0.1, 0.15) is 21.5 Å². The summed E-state index contributed by atoms with van der Waals surface area (Å²) in [7, 11) is 1.55. The van der Waals surface area contributed by atoms with Crippen LogP contribution in [0.3, 0.4) is 0 Å². The number of benzene rings is 2. The number of carbonyl (C=O) groups is 1. The van der Waals surface area contributed by atoms with Gasteiger partial charge in [0, 0.05) is 9.99 Å². The zero-order valence-electron chi connectivity index (χ0n) is 10.4. The van der Waals surface area contributed by atoms with Crippen LogP contribution >= 0.6 is 22.6 Å². The summed E-state index contributed by atoms with van der Waals surface area (Å²) in [5.41, 5.74) is 2.39. The SMILES string of the molecule is COc1cc(C(=O)O)ccc1Cc1cccc(I)c1. The molecule has 0 unspecified atom stereocenters. The molecular weight excluding hydrogens is 355 g/mol. The maximum absolute atomic E-state index is 10.9. The van der Waals surface area contributed by atoms with Crippen molar-refractivity contribution < 1.29 is 14.6 Å². The summed E-state index contributed by atoms with van der Waals surface area (Å²) < 4.78 is 6.45. The van der Waals surface area contributed by atoms with Crippen LogP contribution in [-0.4, -0.2) is 18.2 Å². The molecule has 0 heterocycles. The molecule has 0 fully saturated rings. The number of ether oxygens (including phenoxy) is 1. The lowest BCUT2D eigenvalue weighted by Crippen LogP contribution is -2.00. The zero-order chi connectivity index (χ0) is 13.8. The van der Waals surface area contributed by atoms with Gasteiger partial charge in [-0.2, -0.15) is 0 Å². The van der Waals surface area contributed by atoms with Crippen molar-refractivity contribution in [3.05, 3.63) is 62.7 Å². The molecule has 4 heteroatoms. The molecular formula is C15H13IO3. The molecule has 19 heavy (non-hydrogen) atoms. The van der Waals surface area contributed by atoms with Crippen LogP contribution < -0.4 is 4.74 Å². The number of aromatic carboxylic acids is 1. The third-order valence-electron chi connectivity index (χ3n) is 2.82. The van der Waals surface area contributed by atoms with Gasteiger partial charge in [0.2, 0.25) is 0 Å². The normalized spacial score (nSPS) is 10.2. The van der Waals surface area contributed by atoms with E-state index in [1.54, 1.807) is 19.2 Å². The number of rotatable bonds is 4. The van der Waals surface area contributed by atoms with E-state index >= 15 is 0 Å². The van der Waals surface area contributed by atoms with Crippen LogP contribution in [0.4, 0.5) is 0 Å². The number of hydrogen-bond donors (Lipinski definition) is 1. The topological polar surface area (TPSA) is 46.5 Å². The van der Waals surface area contributed by atoms with Gasteiger partial charge in [0.15, 0.2) is 0 Å². The van der Waals surface area contributed by atoms with Crippen molar-refractivity contribution in [2.75, 3.05) is 7.11 Å². The number of halogens is 1. The molecule has 0 aliphatic carbocycles. The molecule has 3 nitrogen and oxygen atoms in total. The third-order valence-corrected chi connectivity index (χ3v) is 3.49. The van der Waals surface area contributed by atoms with Gasteiger partial charge in [-0.3, -0.25) is 0 Å². The summed E-state index contributed by atoms with van der Waals surface area (Å²) in [5.74, 6) is -0.335. The van der Waals surface area contributed by atoms with Gasteiger partial charge in [-0.25, -0.2) is 4.79 Å². The Morgan fingerprint density at radius 2 is 2.05 bits per heavy atom. The highest BCUT2D eigenvalue weighted by Crippen LogP contribution is 2.23. The Hall–Kier alpha value is -1.56. The average molecular weight is 368 g/mol. The van der Waals surface area contributed by atoms with E-state index in [-0.39, 0.29) is 5.56 Å². The van der Waals surface area contributed by atoms with E-state index in [1.807, 2.05) is 24.3 Å². The van der Waals surface area contributed by atoms with Gasteiger partial charge >= 0.3 is 5.97 Å². The first-order valence-corrected chi connectivity index (χ1v) is 6.82. The summed E-state index contributed by atoms with van der Waals surface area (Å²) in [4.78, 5) is 10.9. The average Bonchev–Trinajstić information content (AvgIpc) is 2.39. The Balaban J connectivity index is 2.32. The molecule has 0 spiro atoms. The van der Waals surface area contributed by atoms with Crippen molar-refractivity contribution in [2.45, 2.75) is 6.42 Å². The van der Waals surface area contributed by atoms with Gasteiger partial charge in [0.25, 0.3) is 0 Å². The molecule has 0 radical (unpaired) electrons. The minimum atomic E-state index is -0.945. The quantitative estimate of drug-likeness (QED) is 0.840. The lowest BCUT2D eigenvalue weighted by atomic mass is 10.0. The first-order chi connectivity index (χ1) is 9.10. The van der Waals surface area contributed by atoms with Crippen molar-refractivity contribution >= 4 is 28.6 Å².